The van der Waals surface area contributed by atoms with Crippen molar-refractivity contribution in [2.45, 2.75) is 31.8 Å². The first-order chi connectivity index (χ1) is 10.1. The summed E-state index contributed by atoms with van der Waals surface area (Å²) in [6.07, 6.45) is 2.36. The number of carboxylic acid groups (broad SMARTS) is 1. The molecule has 7 heteroatoms. The van der Waals surface area contributed by atoms with E-state index in [-0.39, 0.29) is 25.2 Å². The summed E-state index contributed by atoms with van der Waals surface area (Å²) in [5, 5.41) is 17.8. The molecule has 0 aromatic rings. The first-order valence-electron chi connectivity index (χ1n) is 7.58. The van der Waals surface area contributed by atoms with Crippen molar-refractivity contribution in [3.63, 3.8) is 0 Å². The predicted octanol–water partition coefficient (Wildman–Crippen LogP) is 0.376. The van der Waals surface area contributed by atoms with Crippen molar-refractivity contribution in [2.75, 3.05) is 39.4 Å². The molecular weight excluding hydrogens is 276 g/mol. The average Bonchev–Trinajstić information content (AvgIpc) is 2.52. The number of likely N-dealkylation sites (tertiary alicyclic amines) is 1. The summed E-state index contributed by atoms with van der Waals surface area (Å²) in [5.74, 6) is -0.350. The van der Waals surface area contributed by atoms with Gasteiger partial charge in [-0.2, -0.15) is 0 Å². The first-order valence-corrected chi connectivity index (χ1v) is 7.58. The Hall–Kier alpha value is -1.34. The summed E-state index contributed by atoms with van der Waals surface area (Å²) in [6, 6.07) is 0.00781. The Labute approximate surface area is 124 Å². The first kappa shape index (κ1) is 16.0. The van der Waals surface area contributed by atoms with Crippen LogP contribution in [0.1, 0.15) is 25.7 Å². The molecule has 0 aromatic heterocycles. The third kappa shape index (κ3) is 4.57. The molecule has 1 atom stereocenters. The van der Waals surface area contributed by atoms with Crippen molar-refractivity contribution in [1.29, 1.82) is 0 Å². The number of aliphatic hydroxyl groups is 1. The Kier molecular flexibility index (Phi) is 5.81. The van der Waals surface area contributed by atoms with E-state index in [2.05, 4.69) is 0 Å². The second-order valence-corrected chi connectivity index (χ2v) is 5.77. The van der Waals surface area contributed by atoms with Crippen molar-refractivity contribution in [2.24, 2.45) is 5.92 Å². The highest BCUT2D eigenvalue weighted by molar-refractivity contribution is 5.74. The second-order valence-electron chi connectivity index (χ2n) is 5.77. The predicted molar refractivity (Wildman–Crippen MR) is 75.0 cm³/mol. The lowest BCUT2D eigenvalue weighted by atomic mass is 9.92. The molecule has 7 nitrogen and oxygen atoms in total. The third-order valence-corrected chi connectivity index (χ3v) is 4.26. The molecule has 2 amide bonds. The molecule has 0 saturated carbocycles. The van der Waals surface area contributed by atoms with Gasteiger partial charge in [0.05, 0.1) is 25.9 Å². The van der Waals surface area contributed by atoms with Crippen LogP contribution in [0.4, 0.5) is 4.79 Å². The number of piperidine rings is 1. The van der Waals surface area contributed by atoms with Gasteiger partial charge in [-0.1, -0.05) is 0 Å². The van der Waals surface area contributed by atoms with E-state index in [0.29, 0.717) is 45.1 Å². The van der Waals surface area contributed by atoms with E-state index in [4.69, 9.17) is 14.9 Å². The summed E-state index contributed by atoms with van der Waals surface area (Å²) < 4.78 is 5.35. The highest BCUT2D eigenvalue weighted by atomic mass is 16.5. The molecule has 2 fully saturated rings. The third-order valence-electron chi connectivity index (χ3n) is 4.26. The molecule has 1 unspecified atom stereocenters. The normalized spacial score (nSPS) is 24.1. The lowest BCUT2D eigenvalue weighted by Gasteiger charge is -2.38. The summed E-state index contributed by atoms with van der Waals surface area (Å²) >= 11 is 0. The number of rotatable bonds is 4. The highest BCUT2D eigenvalue weighted by Crippen LogP contribution is 2.23. The molecular formula is C14H24N2O5. The molecule has 2 rings (SSSR count). The summed E-state index contributed by atoms with van der Waals surface area (Å²) in [5.41, 5.74) is 0. The molecule has 0 radical (unpaired) electrons. The lowest BCUT2D eigenvalue weighted by molar-refractivity contribution is -0.137. The zero-order valence-electron chi connectivity index (χ0n) is 12.2. The molecule has 21 heavy (non-hydrogen) atoms. The van der Waals surface area contributed by atoms with Gasteiger partial charge >= 0.3 is 12.0 Å². The van der Waals surface area contributed by atoms with Crippen LogP contribution in [0, 0.1) is 5.92 Å². The van der Waals surface area contributed by atoms with Crippen LogP contribution in [0.5, 0.6) is 0 Å². The number of hydrogen-bond acceptors (Lipinski definition) is 4. The number of hydrogen-bond donors (Lipinski definition) is 2. The number of carbonyl (C=O) groups excluding carboxylic acids is 1. The minimum atomic E-state index is -0.753. The number of urea groups is 1. The van der Waals surface area contributed by atoms with Crippen molar-refractivity contribution in [1.82, 2.24) is 9.80 Å². The Morgan fingerprint density at radius 2 is 1.86 bits per heavy atom. The largest absolute Gasteiger partial charge is 0.481 e. The molecule has 2 N–H and O–H groups in total. The van der Waals surface area contributed by atoms with Gasteiger partial charge < -0.3 is 24.7 Å². The Morgan fingerprint density at radius 1 is 1.14 bits per heavy atom. The van der Waals surface area contributed by atoms with Gasteiger partial charge in [-0.15, -0.1) is 0 Å². The van der Waals surface area contributed by atoms with Crippen LogP contribution in [-0.2, 0) is 9.53 Å². The van der Waals surface area contributed by atoms with Crippen LogP contribution in [0.2, 0.25) is 0 Å². The Morgan fingerprint density at radius 3 is 2.48 bits per heavy atom. The van der Waals surface area contributed by atoms with Gasteiger partial charge in [0.25, 0.3) is 0 Å². The molecule has 0 aliphatic carbocycles. The molecule has 2 aliphatic heterocycles. The van der Waals surface area contributed by atoms with Crippen molar-refractivity contribution in [3.8, 4) is 0 Å². The SMILES string of the molecule is O=C(O)CCC1CCN(C(=O)N2CCOC(CO)C2)CC1. The Bertz CT molecular complexity index is 368. The van der Waals surface area contributed by atoms with Crippen molar-refractivity contribution >= 4 is 12.0 Å². The minimum absolute atomic E-state index is 0.00781. The van der Waals surface area contributed by atoms with Crippen molar-refractivity contribution in [3.05, 3.63) is 0 Å². The number of aliphatic hydroxyl groups excluding tert-OH is 1. The quantitative estimate of drug-likeness (QED) is 0.783. The van der Waals surface area contributed by atoms with Crippen LogP contribution in [0.3, 0.4) is 0 Å². The number of morpholine rings is 1. The second kappa shape index (κ2) is 7.61. The molecule has 120 valence electrons. The number of carbonyl (C=O) groups is 2. The maximum Gasteiger partial charge on any atom is 0.320 e. The van der Waals surface area contributed by atoms with Gasteiger partial charge in [0.15, 0.2) is 0 Å². The lowest BCUT2D eigenvalue weighted by Crippen LogP contribution is -2.53. The molecule has 0 aromatic carbocycles. The zero-order valence-corrected chi connectivity index (χ0v) is 12.2. The molecule has 0 bridgehead atoms. The number of aliphatic carboxylic acids is 1. The average molecular weight is 300 g/mol. The maximum absolute atomic E-state index is 12.4. The fraction of sp³-hybridized carbons (Fsp3) is 0.857. The van der Waals surface area contributed by atoms with Crippen LogP contribution in [0.15, 0.2) is 0 Å². The van der Waals surface area contributed by atoms with Crippen LogP contribution in [0.25, 0.3) is 0 Å². The van der Waals surface area contributed by atoms with E-state index in [1.165, 1.54) is 0 Å². The number of carboxylic acids is 1. The van der Waals surface area contributed by atoms with E-state index in [9.17, 15) is 9.59 Å². The fourth-order valence-corrected chi connectivity index (χ4v) is 2.94. The van der Waals surface area contributed by atoms with Crippen LogP contribution in [-0.4, -0.2) is 77.5 Å². The molecule has 2 saturated heterocycles. The number of ether oxygens (including phenoxy) is 1. The van der Waals surface area contributed by atoms with Gasteiger partial charge in [0, 0.05) is 26.1 Å². The zero-order chi connectivity index (χ0) is 15.2. The van der Waals surface area contributed by atoms with E-state index in [0.717, 1.165) is 12.8 Å². The minimum Gasteiger partial charge on any atom is -0.481 e. The number of amides is 2. The molecule has 2 aliphatic rings. The van der Waals surface area contributed by atoms with E-state index in [1.54, 1.807) is 4.90 Å². The van der Waals surface area contributed by atoms with E-state index >= 15 is 0 Å². The monoisotopic (exact) mass is 300 g/mol. The standard InChI is InChI=1S/C14H24N2O5/c17-10-12-9-16(7-8-21-12)14(20)15-5-3-11(4-6-15)1-2-13(18)19/h11-12,17H,1-10H2,(H,18,19). The van der Waals surface area contributed by atoms with Gasteiger partial charge in [0.1, 0.15) is 0 Å². The maximum atomic E-state index is 12.4. The van der Waals surface area contributed by atoms with Gasteiger partial charge in [-0.3, -0.25) is 4.79 Å². The van der Waals surface area contributed by atoms with Crippen LogP contribution >= 0.6 is 0 Å². The molecule has 2 heterocycles. The summed E-state index contributed by atoms with van der Waals surface area (Å²) in [6.45, 7) is 2.77. The molecule has 0 spiro atoms. The smallest absolute Gasteiger partial charge is 0.320 e. The van der Waals surface area contributed by atoms with E-state index < -0.39 is 5.97 Å². The summed E-state index contributed by atoms with van der Waals surface area (Å²) in [7, 11) is 0. The fourth-order valence-electron chi connectivity index (χ4n) is 2.94. The van der Waals surface area contributed by atoms with E-state index in [1.807, 2.05) is 4.90 Å². The van der Waals surface area contributed by atoms with Crippen LogP contribution < -0.4 is 0 Å². The Balaban J connectivity index is 1.76. The topological polar surface area (TPSA) is 90.3 Å². The van der Waals surface area contributed by atoms with Gasteiger partial charge in [-0.25, -0.2) is 4.79 Å². The highest BCUT2D eigenvalue weighted by Gasteiger charge is 2.29. The summed E-state index contributed by atoms with van der Waals surface area (Å²) in [4.78, 5) is 26.6. The number of nitrogens with zero attached hydrogens (tertiary/aromatic N) is 2. The van der Waals surface area contributed by atoms with Gasteiger partial charge in [0.2, 0.25) is 0 Å². The van der Waals surface area contributed by atoms with Gasteiger partial charge in [-0.05, 0) is 25.2 Å². The van der Waals surface area contributed by atoms with Crippen molar-refractivity contribution < 1.29 is 24.5 Å².